The van der Waals surface area contributed by atoms with E-state index in [1.807, 2.05) is 6.92 Å². The van der Waals surface area contributed by atoms with Crippen molar-refractivity contribution in [3.63, 3.8) is 0 Å². The minimum atomic E-state index is -4.61. The van der Waals surface area contributed by atoms with E-state index in [4.69, 9.17) is 5.11 Å². The Morgan fingerprint density at radius 3 is 2.21 bits per heavy atom. The Labute approximate surface area is 81.1 Å². The first-order valence-electron chi connectivity index (χ1n) is 4.69. The molecule has 1 unspecified atom stereocenters. The highest BCUT2D eigenvalue weighted by Gasteiger charge is 2.44. The summed E-state index contributed by atoms with van der Waals surface area (Å²) in [5, 5.41) is 8.35. The molecule has 0 aromatic carbocycles. The Balaban J connectivity index is 3.94. The van der Waals surface area contributed by atoms with E-state index in [0.29, 0.717) is 12.8 Å². The number of hydrogen-bond donors (Lipinski definition) is 1. The van der Waals surface area contributed by atoms with Crippen LogP contribution < -0.4 is 0 Å². The van der Waals surface area contributed by atoms with E-state index in [-0.39, 0.29) is 6.42 Å². The van der Waals surface area contributed by atoms with Crippen molar-refractivity contribution in [3.8, 4) is 0 Å². The maximum absolute atomic E-state index is 12.1. The second kappa shape index (κ2) is 5.88. The number of rotatable bonds is 6. The molecule has 2 nitrogen and oxygen atoms in total. The van der Waals surface area contributed by atoms with Gasteiger partial charge in [-0.1, -0.05) is 32.6 Å². The molecule has 0 aliphatic rings. The summed E-state index contributed by atoms with van der Waals surface area (Å²) in [6.45, 7) is 1.94. The number of hydrogen-bond acceptors (Lipinski definition) is 1. The van der Waals surface area contributed by atoms with E-state index in [2.05, 4.69) is 0 Å². The third-order valence-electron chi connectivity index (χ3n) is 2.04. The van der Waals surface area contributed by atoms with Crippen molar-refractivity contribution in [2.24, 2.45) is 5.92 Å². The van der Waals surface area contributed by atoms with Crippen LogP contribution in [0.1, 0.15) is 39.0 Å². The van der Waals surface area contributed by atoms with Crippen LogP contribution in [0.4, 0.5) is 13.2 Å². The quantitative estimate of drug-likeness (QED) is 0.686. The summed E-state index contributed by atoms with van der Waals surface area (Å²) in [7, 11) is 0. The van der Waals surface area contributed by atoms with Crippen LogP contribution in [0.2, 0.25) is 0 Å². The predicted molar refractivity (Wildman–Crippen MR) is 45.9 cm³/mol. The first-order valence-corrected chi connectivity index (χ1v) is 4.69. The topological polar surface area (TPSA) is 37.3 Å². The lowest BCUT2D eigenvalue weighted by Gasteiger charge is -2.15. The highest BCUT2D eigenvalue weighted by Crippen LogP contribution is 2.30. The Morgan fingerprint density at radius 2 is 1.86 bits per heavy atom. The lowest BCUT2D eigenvalue weighted by molar-refractivity contribution is -0.194. The van der Waals surface area contributed by atoms with Gasteiger partial charge in [-0.25, -0.2) is 0 Å². The molecule has 1 N–H and O–H groups in total. The van der Waals surface area contributed by atoms with Crippen LogP contribution >= 0.6 is 0 Å². The number of aliphatic carboxylic acids is 1. The molecule has 84 valence electrons. The Morgan fingerprint density at radius 1 is 1.29 bits per heavy atom. The van der Waals surface area contributed by atoms with Crippen molar-refractivity contribution in [2.75, 3.05) is 0 Å². The van der Waals surface area contributed by atoms with Crippen LogP contribution in [-0.2, 0) is 4.79 Å². The molecule has 0 rings (SSSR count). The third-order valence-corrected chi connectivity index (χ3v) is 2.04. The summed E-state index contributed by atoms with van der Waals surface area (Å²) in [4.78, 5) is 10.3. The van der Waals surface area contributed by atoms with Crippen LogP contribution in [0.3, 0.4) is 0 Å². The maximum atomic E-state index is 12.1. The maximum Gasteiger partial charge on any atom is 0.402 e. The van der Waals surface area contributed by atoms with E-state index in [9.17, 15) is 18.0 Å². The number of carboxylic acid groups (broad SMARTS) is 1. The highest BCUT2D eigenvalue weighted by molar-refractivity contribution is 5.70. The lowest BCUT2D eigenvalue weighted by atomic mass is 10.0. The molecule has 0 fully saturated rings. The van der Waals surface area contributed by atoms with Crippen molar-refractivity contribution < 1.29 is 23.1 Å². The van der Waals surface area contributed by atoms with Gasteiger partial charge in [0.1, 0.15) is 0 Å². The molecule has 0 bridgehead atoms. The summed E-state index contributed by atoms with van der Waals surface area (Å²) in [5.74, 6) is -3.96. The van der Waals surface area contributed by atoms with E-state index >= 15 is 0 Å². The van der Waals surface area contributed by atoms with E-state index in [1.54, 1.807) is 0 Å². The SMILES string of the molecule is CCCCCCC(C(=O)O)C(F)(F)F. The van der Waals surface area contributed by atoms with Crippen molar-refractivity contribution in [3.05, 3.63) is 0 Å². The Kier molecular flexibility index (Phi) is 5.57. The average Bonchev–Trinajstić information content (AvgIpc) is 2.01. The second-order valence-electron chi connectivity index (χ2n) is 3.28. The van der Waals surface area contributed by atoms with Crippen molar-refractivity contribution in [1.29, 1.82) is 0 Å². The minimum Gasteiger partial charge on any atom is -0.481 e. The molecule has 0 aromatic heterocycles. The van der Waals surface area contributed by atoms with Gasteiger partial charge >= 0.3 is 12.1 Å². The molecule has 0 aromatic rings. The van der Waals surface area contributed by atoms with E-state index in [1.165, 1.54) is 0 Å². The second-order valence-corrected chi connectivity index (χ2v) is 3.28. The fraction of sp³-hybridized carbons (Fsp3) is 0.889. The molecule has 14 heavy (non-hydrogen) atoms. The molecule has 0 heterocycles. The fourth-order valence-electron chi connectivity index (χ4n) is 1.20. The molecular formula is C9H15F3O2. The van der Waals surface area contributed by atoms with Crippen LogP contribution in [-0.4, -0.2) is 17.3 Å². The molecule has 0 spiro atoms. The predicted octanol–water partition coefficient (Wildman–Crippen LogP) is 3.22. The summed E-state index contributed by atoms with van der Waals surface area (Å²) in [5.41, 5.74) is 0. The van der Waals surface area contributed by atoms with Crippen LogP contribution in [0.5, 0.6) is 0 Å². The smallest absolute Gasteiger partial charge is 0.402 e. The summed E-state index contributed by atoms with van der Waals surface area (Å²) >= 11 is 0. The van der Waals surface area contributed by atoms with Gasteiger partial charge < -0.3 is 5.11 Å². The molecule has 0 radical (unpaired) electrons. The fourth-order valence-corrected chi connectivity index (χ4v) is 1.20. The van der Waals surface area contributed by atoms with Gasteiger partial charge in [0, 0.05) is 0 Å². The molecule has 0 aliphatic heterocycles. The monoisotopic (exact) mass is 212 g/mol. The Hall–Kier alpha value is -0.740. The molecular weight excluding hydrogens is 197 g/mol. The zero-order chi connectivity index (χ0) is 11.2. The van der Waals surface area contributed by atoms with Gasteiger partial charge in [0.05, 0.1) is 0 Å². The zero-order valence-corrected chi connectivity index (χ0v) is 8.10. The van der Waals surface area contributed by atoms with Gasteiger partial charge in [-0.15, -0.1) is 0 Å². The molecule has 0 aliphatic carbocycles. The van der Waals surface area contributed by atoms with Crippen molar-refractivity contribution >= 4 is 5.97 Å². The van der Waals surface area contributed by atoms with Crippen LogP contribution in [0.25, 0.3) is 0 Å². The van der Waals surface area contributed by atoms with Crippen LogP contribution in [0, 0.1) is 5.92 Å². The Bertz CT molecular complexity index is 177. The lowest BCUT2D eigenvalue weighted by Crippen LogP contribution is -2.30. The molecule has 0 saturated carbocycles. The van der Waals surface area contributed by atoms with E-state index in [0.717, 1.165) is 12.8 Å². The number of halogens is 3. The first kappa shape index (κ1) is 13.3. The largest absolute Gasteiger partial charge is 0.481 e. The molecule has 0 amide bonds. The molecule has 5 heteroatoms. The van der Waals surface area contributed by atoms with Gasteiger partial charge in [0.25, 0.3) is 0 Å². The van der Waals surface area contributed by atoms with Crippen LogP contribution in [0.15, 0.2) is 0 Å². The average molecular weight is 212 g/mol. The summed E-state index contributed by atoms with van der Waals surface area (Å²) in [6.07, 6.45) is -2.16. The normalized spacial score (nSPS) is 14.0. The van der Waals surface area contributed by atoms with E-state index < -0.39 is 18.1 Å². The number of unbranched alkanes of at least 4 members (excludes halogenated alkanes) is 3. The van der Waals surface area contributed by atoms with Gasteiger partial charge in [0.2, 0.25) is 0 Å². The highest BCUT2D eigenvalue weighted by atomic mass is 19.4. The van der Waals surface area contributed by atoms with Gasteiger partial charge in [-0.2, -0.15) is 13.2 Å². The first-order chi connectivity index (χ1) is 6.39. The molecule has 0 saturated heterocycles. The van der Waals surface area contributed by atoms with Crippen molar-refractivity contribution in [1.82, 2.24) is 0 Å². The summed E-state index contributed by atoms with van der Waals surface area (Å²) < 4.78 is 36.3. The summed E-state index contributed by atoms with van der Waals surface area (Å²) in [6, 6.07) is 0. The van der Waals surface area contributed by atoms with Crippen molar-refractivity contribution in [2.45, 2.75) is 45.2 Å². The number of carbonyl (C=O) groups is 1. The van der Waals surface area contributed by atoms with Gasteiger partial charge in [-0.3, -0.25) is 4.79 Å². The number of alkyl halides is 3. The third kappa shape index (κ3) is 5.09. The van der Waals surface area contributed by atoms with Gasteiger partial charge in [0.15, 0.2) is 5.92 Å². The molecule has 1 atom stereocenters. The zero-order valence-electron chi connectivity index (χ0n) is 8.10. The van der Waals surface area contributed by atoms with Gasteiger partial charge in [-0.05, 0) is 6.42 Å². The standard InChI is InChI=1S/C9H15F3O2/c1-2-3-4-5-6-7(8(13)14)9(10,11)12/h7H,2-6H2,1H3,(H,13,14). The number of carboxylic acids is 1. The minimum absolute atomic E-state index is 0.307.